The fourth-order valence-electron chi connectivity index (χ4n) is 3.59. The molecule has 8 heteroatoms. The number of hydrogen-bond acceptors (Lipinski definition) is 3. The summed E-state index contributed by atoms with van der Waals surface area (Å²) in [6.45, 7) is 6.24. The number of nitrogens with zero attached hydrogens (tertiary/aromatic N) is 3. The molecule has 0 saturated carbocycles. The number of amides is 3. The van der Waals surface area contributed by atoms with Crippen LogP contribution in [0.1, 0.15) is 20.3 Å². The average molecular weight is 386 g/mol. The first kappa shape index (κ1) is 19.7. The van der Waals surface area contributed by atoms with Crippen molar-refractivity contribution in [1.29, 1.82) is 0 Å². The number of benzene rings is 1. The van der Waals surface area contributed by atoms with Gasteiger partial charge in [0.1, 0.15) is 6.54 Å². The number of carbonyl (C=O) groups excluding carboxylic acids is 2. The number of aliphatic carboxylic acids is 1. The lowest BCUT2D eigenvalue weighted by Gasteiger charge is -2.19. The maximum Gasteiger partial charge on any atom is 0.321 e. The van der Waals surface area contributed by atoms with E-state index in [9.17, 15) is 14.4 Å². The van der Waals surface area contributed by atoms with E-state index in [0.29, 0.717) is 31.7 Å². The first-order chi connectivity index (χ1) is 13.4. The zero-order valence-corrected chi connectivity index (χ0v) is 16.2. The Morgan fingerprint density at radius 1 is 1.21 bits per heavy atom. The number of fused-ring (bicyclic) bond motifs is 1. The number of likely N-dealkylation sites (N-methyl/N-ethyl adjacent to an activating group) is 1. The van der Waals surface area contributed by atoms with Gasteiger partial charge < -0.3 is 24.8 Å². The zero-order chi connectivity index (χ0) is 20.3. The van der Waals surface area contributed by atoms with Crippen LogP contribution >= 0.6 is 0 Å². The summed E-state index contributed by atoms with van der Waals surface area (Å²) in [7, 11) is 0. The third-order valence-corrected chi connectivity index (χ3v) is 5.27. The number of carboxylic acids is 1. The van der Waals surface area contributed by atoms with Crippen molar-refractivity contribution in [2.24, 2.45) is 5.92 Å². The molecule has 1 aromatic carbocycles. The molecule has 8 nitrogen and oxygen atoms in total. The van der Waals surface area contributed by atoms with Gasteiger partial charge in [0, 0.05) is 49.0 Å². The number of rotatable bonds is 6. The Bertz CT molecular complexity index is 887. The van der Waals surface area contributed by atoms with Gasteiger partial charge in [0.25, 0.3) is 0 Å². The first-order valence-corrected chi connectivity index (χ1v) is 9.58. The van der Waals surface area contributed by atoms with Crippen LogP contribution in [0.2, 0.25) is 0 Å². The topological polar surface area (TPSA) is 94.9 Å². The summed E-state index contributed by atoms with van der Waals surface area (Å²) < 4.78 is 1.90. The van der Waals surface area contributed by atoms with Gasteiger partial charge >= 0.3 is 12.0 Å². The summed E-state index contributed by atoms with van der Waals surface area (Å²) >= 11 is 0. The molecule has 2 aromatic rings. The Hall–Kier alpha value is -3.03. The van der Waals surface area contributed by atoms with Crippen LogP contribution in [0, 0.1) is 5.92 Å². The molecule has 1 unspecified atom stereocenters. The minimum atomic E-state index is -0.864. The molecule has 1 aliphatic rings. The fourth-order valence-corrected chi connectivity index (χ4v) is 3.59. The van der Waals surface area contributed by atoms with Gasteiger partial charge in [-0.3, -0.25) is 9.59 Å². The largest absolute Gasteiger partial charge is 0.481 e. The van der Waals surface area contributed by atoms with E-state index < -0.39 is 11.9 Å². The molecule has 1 fully saturated rings. The summed E-state index contributed by atoms with van der Waals surface area (Å²) in [6, 6.07) is 7.15. The molecule has 0 bridgehead atoms. The molecule has 0 radical (unpaired) electrons. The van der Waals surface area contributed by atoms with E-state index in [2.05, 4.69) is 5.32 Å². The lowest BCUT2D eigenvalue weighted by atomic mass is 10.1. The Labute approximate surface area is 163 Å². The molecule has 1 saturated heterocycles. The number of hydrogen-bond donors (Lipinski definition) is 2. The van der Waals surface area contributed by atoms with Crippen molar-refractivity contribution >= 4 is 34.5 Å². The predicted molar refractivity (Wildman–Crippen MR) is 106 cm³/mol. The summed E-state index contributed by atoms with van der Waals surface area (Å²) in [5.41, 5.74) is 1.56. The van der Waals surface area contributed by atoms with E-state index in [1.165, 1.54) is 4.90 Å². The second kappa shape index (κ2) is 8.33. The average Bonchev–Trinajstić information content (AvgIpc) is 3.30. The van der Waals surface area contributed by atoms with Crippen molar-refractivity contribution in [3.05, 3.63) is 30.5 Å². The van der Waals surface area contributed by atoms with Crippen molar-refractivity contribution in [2.75, 3.05) is 31.5 Å². The summed E-state index contributed by atoms with van der Waals surface area (Å²) in [6.07, 6.45) is 2.35. The number of anilines is 1. The maximum atomic E-state index is 12.4. The Morgan fingerprint density at radius 3 is 2.61 bits per heavy atom. The summed E-state index contributed by atoms with van der Waals surface area (Å²) in [4.78, 5) is 39.1. The highest BCUT2D eigenvalue weighted by molar-refractivity contribution is 5.93. The Kier molecular flexibility index (Phi) is 5.87. The van der Waals surface area contributed by atoms with Gasteiger partial charge in [-0.05, 0) is 44.5 Å². The van der Waals surface area contributed by atoms with Crippen LogP contribution in [0.25, 0.3) is 10.9 Å². The minimum absolute atomic E-state index is 0.0712. The molecule has 1 aromatic heterocycles. The van der Waals surface area contributed by atoms with Crippen LogP contribution in [0.4, 0.5) is 10.5 Å². The van der Waals surface area contributed by atoms with Crippen molar-refractivity contribution in [1.82, 2.24) is 14.4 Å². The molecule has 28 heavy (non-hydrogen) atoms. The summed E-state index contributed by atoms with van der Waals surface area (Å²) in [5.74, 6) is -1.29. The lowest BCUT2D eigenvalue weighted by molar-refractivity contribution is -0.141. The predicted octanol–water partition coefficient (Wildman–Crippen LogP) is 2.45. The number of likely N-dealkylation sites (tertiary alicyclic amines) is 1. The van der Waals surface area contributed by atoms with E-state index in [1.807, 2.05) is 42.8 Å². The number of urea groups is 1. The van der Waals surface area contributed by atoms with Gasteiger partial charge in [-0.25, -0.2) is 4.79 Å². The molecule has 0 aliphatic carbocycles. The highest BCUT2D eigenvalue weighted by Crippen LogP contribution is 2.22. The molecule has 0 spiro atoms. The molecule has 1 aliphatic heterocycles. The molecule has 150 valence electrons. The van der Waals surface area contributed by atoms with Crippen molar-refractivity contribution in [3.8, 4) is 0 Å². The van der Waals surface area contributed by atoms with E-state index in [-0.39, 0.29) is 25.0 Å². The molecule has 1 atom stereocenters. The van der Waals surface area contributed by atoms with E-state index in [0.717, 1.165) is 10.9 Å². The third-order valence-electron chi connectivity index (χ3n) is 5.27. The zero-order valence-electron chi connectivity index (χ0n) is 16.2. The van der Waals surface area contributed by atoms with Crippen LogP contribution in [0.5, 0.6) is 0 Å². The Balaban J connectivity index is 1.68. The Morgan fingerprint density at radius 2 is 1.96 bits per heavy atom. The number of aromatic nitrogens is 1. The fraction of sp³-hybridized carbons (Fsp3) is 0.450. The van der Waals surface area contributed by atoms with Gasteiger partial charge in [-0.15, -0.1) is 0 Å². The molecule has 3 amide bonds. The van der Waals surface area contributed by atoms with Crippen molar-refractivity contribution < 1.29 is 19.5 Å². The van der Waals surface area contributed by atoms with Crippen LogP contribution in [0.3, 0.4) is 0 Å². The molecule has 3 rings (SSSR count). The van der Waals surface area contributed by atoms with Gasteiger partial charge in [0.2, 0.25) is 5.91 Å². The van der Waals surface area contributed by atoms with Crippen LogP contribution in [-0.4, -0.2) is 63.6 Å². The smallest absolute Gasteiger partial charge is 0.321 e. The number of carboxylic acid groups (broad SMARTS) is 1. The van der Waals surface area contributed by atoms with Gasteiger partial charge in [0.05, 0.1) is 5.92 Å². The SMILES string of the molecule is CCN(CC)C(=O)Cn1ccc2cc(NC(=O)N3CCC(C(=O)O)C3)ccc21. The quantitative estimate of drug-likeness (QED) is 0.797. The van der Waals surface area contributed by atoms with Crippen molar-refractivity contribution in [2.45, 2.75) is 26.8 Å². The minimum Gasteiger partial charge on any atom is -0.481 e. The molecular weight excluding hydrogens is 360 g/mol. The van der Waals surface area contributed by atoms with E-state index in [4.69, 9.17) is 5.11 Å². The summed E-state index contributed by atoms with van der Waals surface area (Å²) in [5, 5.41) is 12.8. The van der Waals surface area contributed by atoms with Gasteiger partial charge in [0.15, 0.2) is 0 Å². The number of carbonyl (C=O) groups is 3. The first-order valence-electron chi connectivity index (χ1n) is 9.58. The van der Waals surface area contributed by atoms with Crippen LogP contribution in [0.15, 0.2) is 30.5 Å². The number of nitrogens with one attached hydrogen (secondary N) is 1. The normalized spacial score (nSPS) is 16.4. The molecule has 2 N–H and O–H groups in total. The van der Waals surface area contributed by atoms with Gasteiger partial charge in [-0.2, -0.15) is 0 Å². The van der Waals surface area contributed by atoms with E-state index in [1.54, 1.807) is 11.0 Å². The standard InChI is InChI=1S/C20H26N4O4/c1-3-22(4-2)18(25)13-23-9-7-14-11-16(5-6-17(14)23)21-20(28)24-10-8-15(12-24)19(26)27/h5-7,9,11,15H,3-4,8,10,12-13H2,1-2H3,(H,21,28)(H,26,27). The molecule has 2 heterocycles. The van der Waals surface area contributed by atoms with E-state index >= 15 is 0 Å². The van der Waals surface area contributed by atoms with Crippen LogP contribution < -0.4 is 5.32 Å². The van der Waals surface area contributed by atoms with Gasteiger partial charge in [-0.1, -0.05) is 0 Å². The van der Waals surface area contributed by atoms with Crippen LogP contribution in [-0.2, 0) is 16.1 Å². The maximum absolute atomic E-state index is 12.4. The highest BCUT2D eigenvalue weighted by Gasteiger charge is 2.30. The third kappa shape index (κ3) is 4.11. The lowest BCUT2D eigenvalue weighted by Crippen LogP contribution is -2.33. The second-order valence-electron chi connectivity index (χ2n) is 6.98. The second-order valence-corrected chi connectivity index (χ2v) is 6.98. The molecular formula is C20H26N4O4. The highest BCUT2D eigenvalue weighted by atomic mass is 16.4. The monoisotopic (exact) mass is 386 g/mol. The van der Waals surface area contributed by atoms with Crippen molar-refractivity contribution in [3.63, 3.8) is 0 Å².